The fraction of sp³-hybridized carbons (Fsp3) is 0.429. The Kier molecular flexibility index (Phi) is 12.2. The van der Waals surface area contributed by atoms with Crippen LogP contribution in [0.2, 0.25) is 0 Å². The Bertz CT molecular complexity index is 1620. The maximum absolute atomic E-state index is 13.4. The maximum Gasteiger partial charge on any atom is 0.289 e. The van der Waals surface area contributed by atoms with Crippen molar-refractivity contribution in [1.29, 1.82) is 0 Å². The smallest absolute Gasteiger partial charge is 0.289 e. The van der Waals surface area contributed by atoms with E-state index in [1.165, 1.54) is 24.9 Å². The number of hydrogen-bond donors (Lipinski definition) is 4. The van der Waals surface area contributed by atoms with Gasteiger partial charge in [0.1, 0.15) is 22.6 Å². The monoisotopic (exact) mass is 677 g/mol. The van der Waals surface area contributed by atoms with Crippen molar-refractivity contribution in [3.8, 4) is 0 Å². The fourth-order valence-electron chi connectivity index (χ4n) is 5.36. The number of benzene rings is 2. The number of hydrogen-bond acceptors (Lipinski definition) is 9. The van der Waals surface area contributed by atoms with Crippen LogP contribution in [0.1, 0.15) is 71.6 Å². The Morgan fingerprint density at radius 1 is 0.958 bits per heavy atom. The molecule has 0 saturated carbocycles. The van der Waals surface area contributed by atoms with E-state index in [0.717, 1.165) is 46.9 Å². The summed E-state index contributed by atoms with van der Waals surface area (Å²) >= 11 is 1.08. The van der Waals surface area contributed by atoms with E-state index < -0.39 is 40.7 Å². The molecule has 48 heavy (non-hydrogen) atoms. The molecule has 13 heteroatoms. The van der Waals surface area contributed by atoms with Crippen LogP contribution in [-0.2, 0) is 33.8 Å². The summed E-state index contributed by atoms with van der Waals surface area (Å²) in [7, 11) is 1.51. The lowest BCUT2D eigenvalue weighted by Crippen LogP contribution is -2.57. The molecule has 1 fully saturated rings. The number of amides is 5. The highest BCUT2D eigenvalue weighted by Gasteiger charge is 2.47. The van der Waals surface area contributed by atoms with Gasteiger partial charge in [-0.2, -0.15) is 0 Å². The third kappa shape index (κ3) is 9.54. The first-order chi connectivity index (χ1) is 22.8. The first-order valence-corrected chi connectivity index (χ1v) is 16.7. The third-order valence-electron chi connectivity index (χ3n) is 8.34. The van der Waals surface area contributed by atoms with E-state index in [9.17, 15) is 29.1 Å². The van der Waals surface area contributed by atoms with Crippen molar-refractivity contribution in [3.63, 3.8) is 0 Å². The van der Waals surface area contributed by atoms with Gasteiger partial charge < -0.3 is 25.6 Å². The van der Waals surface area contributed by atoms with E-state index in [4.69, 9.17) is 4.52 Å². The molecule has 1 unspecified atom stereocenters. The quantitative estimate of drug-likeness (QED) is 0.188. The second-order valence-electron chi connectivity index (χ2n) is 12.5. The molecule has 5 amide bonds. The molecule has 0 spiro atoms. The van der Waals surface area contributed by atoms with E-state index in [0.29, 0.717) is 18.6 Å². The number of aromatic nitrogens is 1. The van der Waals surface area contributed by atoms with Gasteiger partial charge in [-0.1, -0.05) is 59.3 Å². The molecule has 2 heterocycles. The van der Waals surface area contributed by atoms with Gasteiger partial charge in [-0.15, -0.1) is 0 Å². The highest BCUT2D eigenvalue weighted by atomic mass is 32.2. The van der Waals surface area contributed by atoms with Gasteiger partial charge in [0, 0.05) is 19.7 Å². The lowest BCUT2D eigenvalue weighted by Gasteiger charge is -2.24. The summed E-state index contributed by atoms with van der Waals surface area (Å²) < 4.78 is 4.20. The molecule has 3 aromatic rings. The molecule has 0 aliphatic carbocycles. The number of carbonyl (C=O) groups is 5. The zero-order valence-electron chi connectivity index (χ0n) is 27.9. The number of imide groups is 1. The first kappa shape index (κ1) is 36.3. The van der Waals surface area contributed by atoms with Crippen LogP contribution in [0.3, 0.4) is 0 Å². The Labute approximate surface area is 284 Å². The molecule has 4 N–H and O–H groups in total. The zero-order chi connectivity index (χ0) is 35.0. The molecule has 12 nitrogen and oxygen atoms in total. The highest BCUT2D eigenvalue weighted by Crippen LogP contribution is 2.40. The second kappa shape index (κ2) is 16.1. The Hall–Kier alpha value is -4.49. The predicted molar refractivity (Wildman–Crippen MR) is 181 cm³/mol. The SMILES string of the molecule is Cc1ccc(CNC(=O)[C@H](CCc2ccc(CCCC3(C)SC(=O)N(C)C3=O)cc2)NC(=O)[C@@H](NC(=O)c2cc(C)on2)[C@@H](C)O)cc1. The molecule has 1 aliphatic rings. The third-order valence-corrected chi connectivity index (χ3v) is 9.62. The van der Waals surface area contributed by atoms with E-state index in [-0.39, 0.29) is 29.8 Å². The van der Waals surface area contributed by atoms with Crippen molar-refractivity contribution in [2.45, 2.75) is 89.3 Å². The standard InChI is InChI=1S/C35H43N5O7S/c1-21-8-10-26(11-9-21)20-36-30(42)27(37-32(44)29(23(3)41)38-31(43)28-19-22(2)47-39-28)17-16-25-14-12-24(13-15-25)7-6-18-35(4)33(45)40(5)34(46)48-35/h8-15,19,23,27,29,41H,6-7,16-18,20H2,1-5H3,(H,36,42)(H,37,44)(H,38,43)/t23-,27+,29+,35?/m1/s1. The lowest BCUT2D eigenvalue weighted by atomic mass is 9.97. The minimum atomic E-state index is -1.35. The van der Waals surface area contributed by atoms with Crippen molar-refractivity contribution in [2.24, 2.45) is 0 Å². The second-order valence-corrected chi connectivity index (χ2v) is 13.9. The summed E-state index contributed by atoms with van der Waals surface area (Å²) in [6.45, 7) is 7.04. The van der Waals surface area contributed by atoms with Crippen LogP contribution >= 0.6 is 11.8 Å². The lowest BCUT2D eigenvalue weighted by molar-refractivity contribution is -0.131. The van der Waals surface area contributed by atoms with Crippen LogP contribution in [0, 0.1) is 13.8 Å². The van der Waals surface area contributed by atoms with Gasteiger partial charge in [0.2, 0.25) is 17.7 Å². The van der Waals surface area contributed by atoms with Crippen LogP contribution in [0.15, 0.2) is 59.1 Å². The van der Waals surface area contributed by atoms with Gasteiger partial charge in [-0.05, 0) is 88.3 Å². The molecule has 0 bridgehead atoms. The molecule has 2 aromatic carbocycles. The molecule has 1 saturated heterocycles. The van der Waals surface area contributed by atoms with Gasteiger partial charge in [-0.3, -0.25) is 28.9 Å². The summed E-state index contributed by atoms with van der Waals surface area (Å²) in [5.74, 6) is -1.57. The predicted octanol–water partition coefficient (Wildman–Crippen LogP) is 3.61. The van der Waals surface area contributed by atoms with E-state index in [2.05, 4.69) is 21.1 Å². The molecule has 256 valence electrons. The highest BCUT2D eigenvalue weighted by molar-refractivity contribution is 8.16. The number of aryl methyl sites for hydroxylation is 4. The van der Waals surface area contributed by atoms with Crippen LogP contribution in [0.4, 0.5) is 4.79 Å². The summed E-state index contributed by atoms with van der Waals surface area (Å²) in [5.41, 5.74) is 3.98. The zero-order valence-corrected chi connectivity index (χ0v) is 28.7. The number of aliphatic hydroxyl groups is 1. The normalized spacial score (nSPS) is 17.9. The Morgan fingerprint density at radius 2 is 1.58 bits per heavy atom. The summed E-state index contributed by atoms with van der Waals surface area (Å²) in [4.78, 5) is 65.0. The average molecular weight is 678 g/mol. The number of nitrogens with one attached hydrogen (secondary N) is 3. The first-order valence-electron chi connectivity index (χ1n) is 15.9. The Morgan fingerprint density at radius 3 is 2.15 bits per heavy atom. The van der Waals surface area contributed by atoms with Gasteiger partial charge >= 0.3 is 0 Å². The van der Waals surface area contributed by atoms with Gasteiger partial charge in [0.15, 0.2) is 5.69 Å². The minimum absolute atomic E-state index is 0.0374. The molecular weight excluding hydrogens is 634 g/mol. The van der Waals surface area contributed by atoms with Crippen LogP contribution < -0.4 is 16.0 Å². The fourth-order valence-corrected chi connectivity index (χ4v) is 6.43. The number of thioether (sulfide) groups is 1. The van der Waals surface area contributed by atoms with Gasteiger partial charge in [0.05, 0.1) is 6.10 Å². The molecular formula is C35H43N5O7S. The van der Waals surface area contributed by atoms with E-state index in [1.807, 2.05) is 62.4 Å². The summed E-state index contributed by atoms with van der Waals surface area (Å²) in [5, 5.41) is 21.9. The van der Waals surface area contributed by atoms with Crippen molar-refractivity contribution in [1.82, 2.24) is 26.0 Å². The number of rotatable bonds is 15. The van der Waals surface area contributed by atoms with Gasteiger partial charge in [0.25, 0.3) is 11.1 Å². The topological polar surface area (TPSA) is 171 Å². The van der Waals surface area contributed by atoms with Crippen molar-refractivity contribution in [2.75, 3.05) is 7.05 Å². The minimum Gasteiger partial charge on any atom is -0.391 e. The molecule has 4 rings (SSSR count). The van der Waals surface area contributed by atoms with Crippen molar-refractivity contribution < 1.29 is 33.6 Å². The molecule has 4 atom stereocenters. The van der Waals surface area contributed by atoms with Crippen molar-refractivity contribution in [3.05, 3.63) is 88.3 Å². The Balaban J connectivity index is 1.38. The van der Waals surface area contributed by atoms with E-state index in [1.54, 1.807) is 6.92 Å². The van der Waals surface area contributed by atoms with Crippen molar-refractivity contribution >= 4 is 40.6 Å². The number of nitrogens with zero attached hydrogens (tertiary/aromatic N) is 2. The van der Waals surface area contributed by atoms with Gasteiger partial charge in [-0.25, -0.2) is 0 Å². The van der Waals surface area contributed by atoms with Crippen LogP contribution in [-0.4, -0.2) is 74.0 Å². The maximum atomic E-state index is 13.4. The number of carbonyl (C=O) groups excluding carboxylic acids is 5. The molecule has 0 radical (unpaired) electrons. The molecule has 1 aromatic heterocycles. The van der Waals surface area contributed by atoms with Crippen LogP contribution in [0.25, 0.3) is 0 Å². The summed E-state index contributed by atoms with van der Waals surface area (Å²) in [6, 6.07) is 14.7. The van der Waals surface area contributed by atoms with Crippen LogP contribution in [0.5, 0.6) is 0 Å². The molecule has 1 aliphatic heterocycles. The largest absolute Gasteiger partial charge is 0.391 e. The average Bonchev–Trinajstić information content (AvgIpc) is 3.57. The van der Waals surface area contributed by atoms with E-state index >= 15 is 0 Å². The summed E-state index contributed by atoms with van der Waals surface area (Å²) in [6.07, 6.45) is 1.52. The number of aliphatic hydroxyl groups excluding tert-OH is 1.